The van der Waals surface area contributed by atoms with E-state index in [1.165, 1.54) is 41.1 Å². The SMILES string of the molecule is COC(=O)c1c(NC(=O)c2cc3c(C)nn(C)c3s2)sc2c1CCCCC2. The van der Waals surface area contributed by atoms with Gasteiger partial charge in [-0.25, -0.2) is 4.79 Å². The van der Waals surface area contributed by atoms with Gasteiger partial charge in [0.1, 0.15) is 9.83 Å². The molecule has 0 bridgehead atoms. The van der Waals surface area contributed by atoms with Crippen molar-refractivity contribution in [2.45, 2.75) is 39.0 Å². The lowest BCUT2D eigenvalue weighted by Gasteiger charge is -2.06. The number of rotatable bonds is 3. The van der Waals surface area contributed by atoms with Gasteiger partial charge in [-0.3, -0.25) is 9.48 Å². The molecule has 0 aliphatic heterocycles. The molecule has 6 nitrogen and oxygen atoms in total. The van der Waals surface area contributed by atoms with Gasteiger partial charge in [0, 0.05) is 17.3 Å². The number of esters is 1. The summed E-state index contributed by atoms with van der Waals surface area (Å²) in [5.41, 5.74) is 2.49. The van der Waals surface area contributed by atoms with E-state index in [1.54, 1.807) is 4.68 Å². The summed E-state index contributed by atoms with van der Waals surface area (Å²) < 4.78 is 6.79. The number of carbonyl (C=O) groups is 2. The molecular weight excluding hydrogens is 382 g/mol. The maximum absolute atomic E-state index is 12.9. The molecule has 0 saturated carbocycles. The number of aromatic nitrogens is 2. The molecule has 4 rings (SSSR count). The third-order valence-electron chi connectivity index (χ3n) is 4.96. The molecule has 3 aromatic rings. The van der Waals surface area contributed by atoms with Gasteiger partial charge in [0.2, 0.25) is 0 Å². The van der Waals surface area contributed by atoms with Crippen LogP contribution in [0.3, 0.4) is 0 Å². The fourth-order valence-corrected chi connectivity index (χ4v) is 5.92. The highest BCUT2D eigenvalue weighted by molar-refractivity contribution is 7.21. The van der Waals surface area contributed by atoms with Gasteiger partial charge in [0.25, 0.3) is 5.91 Å². The predicted molar refractivity (Wildman–Crippen MR) is 108 cm³/mol. The molecule has 1 aliphatic carbocycles. The molecule has 0 saturated heterocycles. The molecule has 0 aromatic carbocycles. The monoisotopic (exact) mass is 403 g/mol. The molecule has 142 valence electrons. The average molecular weight is 404 g/mol. The Morgan fingerprint density at radius 3 is 2.74 bits per heavy atom. The van der Waals surface area contributed by atoms with Crippen LogP contribution in [0.1, 0.15) is 55.4 Å². The molecule has 0 radical (unpaired) electrons. The summed E-state index contributed by atoms with van der Waals surface area (Å²) in [6.07, 6.45) is 5.15. The highest BCUT2D eigenvalue weighted by atomic mass is 32.1. The third kappa shape index (κ3) is 3.17. The molecular formula is C19H21N3O3S2. The van der Waals surface area contributed by atoms with E-state index in [0.717, 1.165) is 47.2 Å². The van der Waals surface area contributed by atoms with E-state index in [1.807, 2.05) is 20.0 Å². The number of hydrogen-bond donors (Lipinski definition) is 1. The molecule has 8 heteroatoms. The number of thiophene rings is 2. The largest absolute Gasteiger partial charge is 0.465 e. The second-order valence-corrected chi connectivity index (χ2v) is 8.89. The van der Waals surface area contributed by atoms with E-state index < -0.39 is 0 Å². The van der Waals surface area contributed by atoms with E-state index in [2.05, 4.69) is 10.4 Å². The lowest BCUT2D eigenvalue weighted by Crippen LogP contribution is -2.13. The smallest absolute Gasteiger partial charge is 0.341 e. The summed E-state index contributed by atoms with van der Waals surface area (Å²) >= 11 is 2.92. The Balaban J connectivity index is 1.69. The van der Waals surface area contributed by atoms with Gasteiger partial charge in [-0.1, -0.05) is 6.42 Å². The standard InChI is InChI=1S/C19H21N3O3S2/c1-10-12-9-14(27-18(12)22(2)21-10)16(23)20-17-15(19(24)25-3)11-7-5-4-6-8-13(11)26-17/h9H,4-8H2,1-3H3,(H,20,23). The molecule has 3 aromatic heterocycles. The zero-order valence-corrected chi connectivity index (χ0v) is 17.2. The number of hydrogen-bond acceptors (Lipinski definition) is 6. The zero-order valence-electron chi connectivity index (χ0n) is 15.5. The number of fused-ring (bicyclic) bond motifs is 2. The van der Waals surface area contributed by atoms with E-state index in [4.69, 9.17) is 4.74 Å². The molecule has 0 unspecified atom stereocenters. The maximum Gasteiger partial charge on any atom is 0.341 e. The fraction of sp³-hybridized carbons (Fsp3) is 0.421. The van der Waals surface area contributed by atoms with Crippen molar-refractivity contribution in [3.05, 3.63) is 32.6 Å². The number of nitrogens with zero attached hydrogens (tertiary/aromatic N) is 2. The predicted octanol–water partition coefficient (Wildman–Crippen LogP) is 4.31. The minimum Gasteiger partial charge on any atom is -0.465 e. The van der Waals surface area contributed by atoms with Gasteiger partial charge in [0.05, 0.1) is 23.2 Å². The number of carbonyl (C=O) groups excluding carboxylic acids is 2. The van der Waals surface area contributed by atoms with Crippen LogP contribution in [0.5, 0.6) is 0 Å². The van der Waals surface area contributed by atoms with Crippen LogP contribution in [-0.4, -0.2) is 28.8 Å². The van der Waals surface area contributed by atoms with Crippen molar-refractivity contribution < 1.29 is 14.3 Å². The zero-order chi connectivity index (χ0) is 19.1. The van der Waals surface area contributed by atoms with Crippen LogP contribution in [0, 0.1) is 6.92 Å². The van der Waals surface area contributed by atoms with Crippen LogP contribution in [0.25, 0.3) is 10.2 Å². The first-order valence-corrected chi connectivity index (χ1v) is 10.6. The van der Waals surface area contributed by atoms with Crippen molar-refractivity contribution in [2.75, 3.05) is 12.4 Å². The van der Waals surface area contributed by atoms with Crippen molar-refractivity contribution in [3.63, 3.8) is 0 Å². The maximum atomic E-state index is 12.9. The van der Waals surface area contributed by atoms with E-state index in [0.29, 0.717) is 15.4 Å². The fourth-order valence-electron chi connectivity index (χ4n) is 3.63. The molecule has 0 fully saturated rings. The third-order valence-corrected chi connectivity index (χ3v) is 7.37. The van der Waals surface area contributed by atoms with Crippen molar-refractivity contribution in [1.82, 2.24) is 9.78 Å². The summed E-state index contributed by atoms with van der Waals surface area (Å²) in [6.45, 7) is 1.93. The Hall–Kier alpha value is -2.19. The summed E-state index contributed by atoms with van der Waals surface area (Å²) in [6, 6.07) is 1.87. The van der Waals surface area contributed by atoms with E-state index >= 15 is 0 Å². The average Bonchev–Trinajstić information content (AvgIpc) is 3.24. The van der Waals surface area contributed by atoms with Gasteiger partial charge in [0.15, 0.2) is 0 Å². The first kappa shape index (κ1) is 18.2. The molecule has 3 heterocycles. The van der Waals surface area contributed by atoms with Crippen LogP contribution in [0.15, 0.2) is 6.07 Å². The molecule has 1 N–H and O–H groups in total. The summed E-state index contributed by atoms with van der Waals surface area (Å²) in [5.74, 6) is -0.571. The van der Waals surface area contributed by atoms with E-state index in [9.17, 15) is 9.59 Å². The number of amides is 1. The Morgan fingerprint density at radius 1 is 1.22 bits per heavy atom. The molecule has 1 aliphatic rings. The second-order valence-electron chi connectivity index (χ2n) is 6.75. The van der Waals surface area contributed by atoms with Crippen LogP contribution in [-0.2, 0) is 24.6 Å². The topological polar surface area (TPSA) is 73.2 Å². The first-order chi connectivity index (χ1) is 13.0. The Morgan fingerprint density at radius 2 is 2.00 bits per heavy atom. The minimum atomic E-state index is -0.374. The van der Waals surface area contributed by atoms with Gasteiger partial charge in [-0.15, -0.1) is 22.7 Å². The quantitative estimate of drug-likeness (QED) is 0.522. The van der Waals surface area contributed by atoms with Crippen LogP contribution < -0.4 is 5.32 Å². The molecule has 0 spiro atoms. The van der Waals surface area contributed by atoms with Crippen LogP contribution in [0.4, 0.5) is 5.00 Å². The van der Waals surface area contributed by atoms with Crippen molar-refractivity contribution in [1.29, 1.82) is 0 Å². The number of anilines is 1. The van der Waals surface area contributed by atoms with Crippen LogP contribution in [0.2, 0.25) is 0 Å². The summed E-state index contributed by atoms with van der Waals surface area (Å²) in [4.78, 5) is 28.1. The van der Waals surface area contributed by atoms with Crippen molar-refractivity contribution >= 4 is 49.8 Å². The van der Waals surface area contributed by atoms with Crippen LogP contribution >= 0.6 is 22.7 Å². The summed E-state index contributed by atoms with van der Waals surface area (Å²) in [7, 11) is 3.26. The molecule has 1 amide bonds. The number of aryl methyl sites for hydroxylation is 3. The highest BCUT2D eigenvalue weighted by Crippen LogP contribution is 2.38. The Labute approximate surface area is 165 Å². The minimum absolute atomic E-state index is 0.197. The normalized spacial score (nSPS) is 14.0. The van der Waals surface area contributed by atoms with Gasteiger partial charge in [-0.05, 0) is 44.2 Å². The van der Waals surface area contributed by atoms with Gasteiger partial charge < -0.3 is 10.1 Å². The first-order valence-electron chi connectivity index (χ1n) is 8.97. The number of nitrogens with one attached hydrogen (secondary N) is 1. The number of ether oxygens (including phenoxy) is 1. The van der Waals surface area contributed by atoms with E-state index in [-0.39, 0.29) is 11.9 Å². The molecule has 0 atom stereocenters. The lowest BCUT2D eigenvalue weighted by molar-refractivity contribution is 0.0601. The second kappa shape index (κ2) is 7.09. The molecule has 27 heavy (non-hydrogen) atoms. The van der Waals surface area contributed by atoms with Gasteiger partial charge in [-0.2, -0.15) is 5.10 Å². The highest BCUT2D eigenvalue weighted by Gasteiger charge is 2.27. The van der Waals surface area contributed by atoms with Crippen molar-refractivity contribution in [2.24, 2.45) is 7.05 Å². The number of methoxy groups -OCH3 is 1. The van der Waals surface area contributed by atoms with Crippen molar-refractivity contribution in [3.8, 4) is 0 Å². The lowest BCUT2D eigenvalue weighted by atomic mass is 10.1. The van der Waals surface area contributed by atoms with Gasteiger partial charge >= 0.3 is 5.97 Å². The Bertz CT molecular complexity index is 1010. The summed E-state index contributed by atoms with van der Waals surface area (Å²) in [5, 5.41) is 8.93. The Kier molecular flexibility index (Phi) is 4.77.